The molecule has 2 rings (SSSR count). The summed E-state index contributed by atoms with van der Waals surface area (Å²) < 4.78 is 0. The van der Waals surface area contributed by atoms with Gasteiger partial charge < -0.3 is 5.32 Å². The molecule has 0 aliphatic carbocycles. The zero-order valence-corrected chi connectivity index (χ0v) is 12.4. The van der Waals surface area contributed by atoms with Crippen molar-refractivity contribution in [3.63, 3.8) is 0 Å². The molecular formula is C16H27N3. The molecule has 0 aromatic carbocycles. The highest BCUT2D eigenvalue weighted by molar-refractivity contribution is 5.42. The highest BCUT2D eigenvalue weighted by atomic mass is 15.1. The minimum Gasteiger partial charge on any atom is -0.388 e. The van der Waals surface area contributed by atoms with Crippen LogP contribution in [-0.2, 0) is 6.54 Å². The molecular weight excluding hydrogens is 234 g/mol. The third kappa shape index (κ3) is 4.50. The van der Waals surface area contributed by atoms with Crippen LogP contribution in [-0.4, -0.2) is 30.0 Å². The summed E-state index contributed by atoms with van der Waals surface area (Å²) in [4.78, 5) is 7.05. The smallest absolute Gasteiger partial charge is 0.0564 e. The monoisotopic (exact) mass is 261 g/mol. The molecule has 0 spiro atoms. The molecule has 0 radical (unpaired) electrons. The number of hydrogen-bond acceptors (Lipinski definition) is 3. The van der Waals surface area contributed by atoms with Gasteiger partial charge in [-0.25, -0.2) is 0 Å². The van der Waals surface area contributed by atoms with Crippen LogP contribution in [0.5, 0.6) is 0 Å². The lowest BCUT2D eigenvalue weighted by Crippen LogP contribution is -2.24. The maximum absolute atomic E-state index is 4.49. The van der Waals surface area contributed by atoms with Crippen molar-refractivity contribution in [3.8, 4) is 0 Å². The van der Waals surface area contributed by atoms with Crippen LogP contribution in [0.1, 0.15) is 44.7 Å². The zero-order valence-electron chi connectivity index (χ0n) is 12.4. The van der Waals surface area contributed by atoms with Crippen LogP contribution in [0.15, 0.2) is 18.3 Å². The van der Waals surface area contributed by atoms with Gasteiger partial charge in [0.15, 0.2) is 0 Å². The Kier molecular flexibility index (Phi) is 5.64. The van der Waals surface area contributed by atoms with Crippen molar-refractivity contribution in [3.05, 3.63) is 24.0 Å². The first-order chi connectivity index (χ1) is 9.31. The molecule has 3 heteroatoms. The van der Waals surface area contributed by atoms with E-state index in [0.29, 0.717) is 0 Å². The van der Waals surface area contributed by atoms with Gasteiger partial charge in [-0.05, 0) is 50.4 Å². The van der Waals surface area contributed by atoms with Crippen molar-refractivity contribution in [2.75, 3.05) is 25.5 Å². The number of pyridine rings is 1. The van der Waals surface area contributed by atoms with Crippen LogP contribution in [0, 0.1) is 5.92 Å². The Bertz CT molecular complexity index is 378. The number of likely N-dealkylation sites (tertiary alicyclic amines) is 1. The van der Waals surface area contributed by atoms with E-state index in [4.69, 9.17) is 0 Å². The first-order valence-corrected chi connectivity index (χ1v) is 7.67. The van der Waals surface area contributed by atoms with E-state index in [9.17, 15) is 0 Å². The molecule has 1 fully saturated rings. The molecule has 19 heavy (non-hydrogen) atoms. The summed E-state index contributed by atoms with van der Waals surface area (Å²) in [5.74, 6) is 0.951. The lowest BCUT2D eigenvalue weighted by atomic mass is 9.96. The van der Waals surface area contributed by atoms with E-state index in [1.165, 1.54) is 50.9 Å². The second-order valence-electron chi connectivity index (χ2n) is 5.65. The Morgan fingerprint density at radius 1 is 1.37 bits per heavy atom. The quantitative estimate of drug-likeness (QED) is 0.879. The van der Waals surface area contributed by atoms with Gasteiger partial charge in [0.2, 0.25) is 0 Å². The number of nitrogens with zero attached hydrogens (tertiary/aromatic N) is 2. The molecule has 1 aliphatic heterocycles. The van der Waals surface area contributed by atoms with E-state index < -0.39 is 0 Å². The van der Waals surface area contributed by atoms with Gasteiger partial charge in [0, 0.05) is 25.5 Å². The van der Waals surface area contributed by atoms with E-state index in [2.05, 4.69) is 28.2 Å². The van der Waals surface area contributed by atoms with Crippen LogP contribution < -0.4 is 5.32 Å². The Morgan fingerprint density at radius 3 is 3.05 bits per heavy atom. The molecule has 0 bridgehead atoms. The Labute approximate surface area is 117 Å². The summed E-state index contributed by atoms with van der Waals surface area (Å²) in [5, 5.41) is 3.18. The van der Waals surface area contributed by atoms with E-state index >= 15 is 0 Å². The summed E-state index contributed by atoms with van der Waals surface area (Å²) in [5.41, 5.74) is 2.34. The van der Waals surface area contributed by atoms with Gasteiger partial charge in [-0.3, -0.25) is 9.88 Å². The summed E-state index contributed by atoms with van der Waals surface area (Å²) >= 11 is 0. The Hall–Kier alpha value is -1.09. The minimum absolute atomic E-state index is 0.951. The molecule has 1 aromatic rings. The van der Waals surface area contributed by atoms with Crippen LogP contribution in [0.4, 0.5) is 5.69 Å². The molecule has 1 aliphatic rings. The van der Waals surface area contributed by atoms with Crippen molar-refractivity contribution in [2.45, 2.75) is 45.6 Å². The van der Waals surface area contributed by atoms with Crippen LogP contribution in [0.25, 0.3) is 0 Å². The van der Waals surface area contributed by atoms with Crippen LogP contribution in [0.3, 0.4) is 0 Å². The summed E-state index contributed by atoms with van der Waals surface area (Å²) in [6.07, 6.45) is 8.75. The van der Waals surface area contributed by atoms with Gasteiger partial charge >= 0.3 is 0 Å². The molecule has 1 unspecified atom stereocenters. The first-order valence-electron chi connectivity index (χ1n) is 7.67. The first kappa shape index (κ1) is 14.3. The molecule has 1 saturated heterocycles. The highest BCUT2D eigenvalue weighted by Crippen LogP contribution is 2.22. The number of aromatic nitrogens is 1. The van der Waals surface area contributed by atoms with Gasteiger partial charge in [0.05, 0.1) is 5.69 Å². The maximum atomic E-state index is 4.49. The third-order valence-corrected chi connectivity index (χ3v) is 4.13. The Morgan fingerprint density at radius 2 is 2.26 bits per heavy atom. The molecule has 106 valence electrons. The van der Waals surface area contributed by atoms with Crippen LogP contribution in [0.2, 0.25) is 0 Å². The number of hydrogen-bond donors (Lipinski definition) is 1. The molecule has 1 aromatic heterocycles. The highest BCUT2D eigenvalue weighted by Gasteiger charge is 2.16. The largest absolute Gasteiger partial charge is 0.388 e. The number of rotatable bonds is 5. The second kappa shape index (κ2) is 7.49. The summed E-state index contributed by atoms with van der Waals surface area (Å²) in [6.45, 7) is 5.76. The molecule has 0 amide bonds. The van der Waals surface area contributed by atoms with Crippen molar-refractivity contribution in [1.29, 1.82) is 0 Å². The van der Waals surface area contributed by atoms with Crippen molar-refractivity contribution < 1.29 is 0 Å². The predicted molar refractivity (Wildman–Crippen MR) is 81.3 cm³/mol. The lowest BCUT2D eigenvalue weighted by Gasteiger charge is -2.20. The summed E-state index contributed by atoms with van der Waals surface area (Å²) in [7, 11) is 1.96. The fraction of sp³-hybridized carbons (Fsp3) is 0.688. The van der Waals surface area contributed by atoms with E-state index in [-0.39, 0.29) is 0 Å². The predicted octanol–water partition coefficient (Wildman–Crippen LogP) is 3.53. The van der Waals surface area contributed by atoms with Gasteiger partial charge in [-0.2, -0.15) is 0 Å². The number of anilines is 1. The Balaban J connectivity index is 1.88. The van der Waals surface area contributed by atoms with Crippen molar-refractivity contribution in [1.82, 2.24) is 9.88 Å². The van der Waals surface area contributed by atoms with Crippen molar-refractivity contribution in [2.24, 2.45) is 5.92 Å². The van der Waals surface area contributed by atoms with Crippen LogP contribution >= 0.6 is 0 Å². The van der Waals surface area contributed by atoms with Gasteiger partial charge in [-0.1, -0.05) is 19.8 Å². The maximum Gasteiger partial charge on any atom is 0.0564 e. The number of nitrogens with one attached hydrogen (secondary N) is 1. The zero-order chi connectivity index (χ0) is 13.5. The SMILES string of the molecule is CCCC1CCCN(Cc2cc(NC)ccn2)CC1. The fourth-order valence-corrected chi connectivity index (χ4v) is 3.03. The van der Waals surface area contributed by atoms with Gasteiger partial charge in [0.25, 0.3) is 0 Å². The molecule has 0 saturated carbocycles. The standard InChI is InChI=1S/C16H27N3/c1-3-5-14-6-4-10-19(11-8-14)13-16-12-15(17-2)7-9-18-16/h7,9,12,14H,3-6,8,10-11,13H2,1-2H3,(H,17,18). The molecule has 1 N–H and O–H groups in total. The fourth-order valence-electron chi connectivity index (χ4n) is 3.03. The van der Waals surface area contributed by atoms with Crippen molar-refractivity contribution >= 4 is 5.69 Å². The average Bonchev–Trinajstić information content (AvgIpc) is 2.65. The lowest BCUT2D eigenvalue weighted by molar-refractivity contribution is 0.268. The van der Waals surface area contributed by atoms with E-state index in [1.807, 2.05) is 19.3 Å². The average molecular weight is 261 g/mol. The van der Waals surface area contributed by atoms with Gasteiger partial charge in [0.1, 0.15) is 0 Å². The molecule has 3 nitrogen and oxygen atoms in total. The minimum atomic E-state index is 0.951. The van der Waals surface area contributed by atoms with E-state index in [0.717, 1.165) is 18.2 Å². The topological polar surface area (TPSA) is 28.2 Å². The third-order valence-electron chi connectivity index (χ3n) is 4.13. The molecule has 1 atom stereocenters. The molecule has 2 heterocycles. The van der Waals surface area contributed by atoms with E-state index in [1.54, 1.807) is 0 Å². The van der Waals surface area contributed by atoms with Gasteiger partial charge in [-0.15, -0.1) is 0 Å². The summed E-state index contributed by atoms with van der Waals surface area (Å²) in [6, 6.07) is 4.18. The normalized spacial score (nSPS) is 21.1. The second-order valence-corrected chi connectivity index (χ2v) is 5.65.